The molecular formula is C15H21ClN2O3. The number of hydrogen-bond acceptors (Lipinski definition) is 4. The number of ether oxygens (including phenoxy) is 2. The summed E-state index contributed by atoms with van der Waals surface area (Å²) in [7, 11) is 0. The molecule has 5 nitrogen and oxygen atoms in total. The van der Waals surface area contributed by atoms with Crippen molar-refractivity contribution in [1.82, 2.24) is 10.2 Å². The van der Waals surface area contributed by atoms with Gasteiger partial charge in [-0.3, -0.25) is 9.69 Å². The normalized spacial score (nSPS) is 17.2. The van der Waals surface area contributed by atoms with Crippen LogP contribution in [0.4, 0.5) is 0 Å². The van der Waals surface area contributed by atoms with Crippen molar-refractivity contribution in [1.29, 1.82) is 0 Å². The molecule has 1 saturated heterocycles. The summed E-state index contributed by atoms with van der Waals surface area (Å²) in [5.74, 6) is 0.515. The van der Waals surface area contributed by atoms with Crippen LogP contribution in [-0.2, 0) is 9.53 Å². The van der Waals surface area contributed by atoms with Gasteiger partial charge in [0.1, 0.15) is 5.75 Å². The Morgan fingerprint density at radius 2 is 2.05 bits per heavy atom. The summed E-state index contributed by atoms with van der Waals surface area (Å²) in [4.78, 5) is 14.1. The minimum absolute atomic E-state index is 0.0114. The number of nitrogens with one attached hydrogen (secondary N) is 1. The van der Waals surface area contributed by atoms with Crippen LogP contribution in [0.5, 0.6) is 5.75 Å². The van der Waals surface area contributed by atoms with Crippen molar-refractivity contribution < 1.29 is 14.3 Å². The van der Waals surface area contributed by atoms with Gasteiger partial charge in [-0.2, -0.15) is 0 Å². The van der Waals surface area contributed by atoms with Crippen molar-refractivity contribution in [3.8, 4) is 5.75 Å². The van der Waals surface area contributed by atoms with E-state index in [-0.39, 0.29) is 12.5 Å². The summed E-state index contributed by atoms with van der Waals surface area (Å²) < 4.78 is 10.7. The fraction of sp³-hybridized carbons (Fsp3) is 0.533. The van der Waals surface area contributed by atoms with E-state index in [0.717, 1.165) is 26.3 Å². The molecule has 21 heavy (non-hydrogen) atoms. The lowest BCUT2D eigenvalue weighted by atomic mass is 10.2. The van der Waals surface area contributed by atoms with Crippen molar-refractivity contribution in [2.75, 3.05) is 39.5 Å². The third kappa shape index (κ3) is 5.53. The molecule has 0 bridgehead atoms. The maximum Gasteiger partial charge on any atom is 0.257 e. The molecule has 1 aromatic rings. The molecule has 0 aliphatic carbocycles. The predicted molar refractivity (Wildman–Crippen MR) is 81.8 cm³/mol. The number of nitrogens with zero attached hydrogens (tertiary/aromatic N) is 1. The SMILES string of the molecule is CC(CNC(=O)COc1ccc(Cl)cc1)N1CCOCC1. The number of carbonyl (C=O) groups excluding carboxylic acids is 1. The average Bonchev–Trinajstić information content (AvgIpc) is 2.53. The van der Waals surface area contributed by atoms with E-state index in [0.29, 0.717) is 23.4 Å². The Hall–Kier alpha value is -1.30. The van der Waals surface area contributed by atoms with Gasteiger partial charge in [-0.05, 0) is 31.2 Å². The Labute approximate surface area is 130 Å². The zero-order valence-electron chi connectivity index (χ0n) is 12.2. The van der Waals surface area contributed by atoms with Crippen LogP contribution in [0, 0.1) is 0 Å². The monoisotopic (exact) mass is 312 g/mol. The van der Waals surface area contributed by atoms with Crippen LogP contribution in [0.25, 0.3) is 0 Å². The van der Waals surface area contributed by atoms with E-state index in [1.807, 2.05) is 0 Å². The molecule has 1 aliphatic heterocycles. The Bertz CT molecular complexity index is 447. The molecule has 1 atom stereocenters. The standard InChI is InChI=1S/C15H21ClN2O3/c1-12(18-6-8-20-9-7-18)10-17-15(19)11-21-14-4-2-13(16)3-5-14/h2-5,12H,6-11H2,1H3,(H,17,19). The summed E-state index contributed by atoms with van der Waals surface area (Å²) in [6, 6.07) is 7.25. The summed E-state index contributed by atoms with van der Waals surface area (Å²) in [5.41, 5.74) is 0. The fourth-order valence-corrected chi connectivity index (χ4v) is 2.27. The molecule has 0 saturated carbocycles. The second-order valence-corrected chi connectivity index (χ2v) is 5.48. The lowest BCUT2D eigenvalue weighted by Crippen LogP contribution is -2.47. The number of morpholine rings is 1. The van der Waals surface area contributed by atoms with E-state index in [1.165, 1.54) is 0 Å². The first kappa shape index (κ1) is 16.1. The lowest BCUT2D eigenvalue weighted by molar-refractivity contribution is -0.123. The molecule has 1 heterocycles. The van der Waals surface area contributed by atoms with E-state index >= 15 is 0 Å². The van der Waals surface area contributed by atoms with Gasteiger partial charge in [-0.1, -0.05) is 11.6 Å². The lowest BCUT2D eigenvalue weighted by Gasteiger charge is -2.32. The summed E-state index contributed by atoms with van der Waals surface area (Å²) in [5, 5.41) is 3.53. The molecule has 1 aromatic carbocycles. The van der Waals surface area contributed by atoms with Gasteiger partial charge >= 0.3 is 0 Å². The molecule has 1 aliphatic rings. The minimum Gasteiger partial charge on any atom is -0.484 e. The number of carbonyl (C=O) groups is 1. The Kier molecular flexibility index (Phi) is 6.29. The quantitative estimate of drug-likeness (QED) is 0.866. The molecule has 1 N–H and O–H groups in total. The average molecular weight is 313 g/mol. The van der Waals surface area contributed by atoms with E-state index in [1.54, 1.807) is 24.3 Å². The summed E-state index contributed by atoms with van der Waals surface area (Å²) in [6.45, 7) is 6.08. The van der Waals surface area contributed by atoms with E-state index < -0.39 is 0 Å². The Morgan fingerprint density at radius 3 is 2.71 bits per heavy atom. The molecule has 0 spiro atoms. The second-order valence-electron chi connectivity index (χ2n) is 5.04. The van der Waals surface area contributed by atoms with Gasteiger partial charge in [0.2, 0.25) is 0 Å². The molecule has 1 fully saturated rings. The van der Waals surface area contributed by atoms with Crippen LogP contribution in [0.2, 0.25) is 5.02 Å². The minimum atomic E-state index is -0.120. The van der Waals surface area contributed by atoms with Crippen molar-refractivity contribution in [3.63, 3.8) is 0 Å². The highest BCUT2D eigenvalue weighted by molar-refractivity contribution is 6.30. The fourth-order valence-electron chi connectivity index (χ4n) is 2.14. The van der Waals surface area contributed by atoms with Crippen LogP contribution >= 0.6 is 11.6 Å². The summed E-state index contributed by atoms with van der Waals surface area (Å²) >= 11 is 5.78. The van der Waals surface area contributed by atoms with Gasteiger partial charge in [0, 0.05) is 30.7 Å². The molecule has 2 rings (SSSR count). The smallest absolute Gasteiger partial charge is 0.257 e. The van der Waals surface area contributed by atoms with Gasteiger partial charge in [-0.15, -0.1) is 0 Å². The van der Waals surface area contributed by atoms with Crippen LogP contribution in [0.15, 0.2) is 24.3 Å². The first-order chi connectivity index (χ1) is 10.1. The number of hydrogen-bond donors (Lipinski definition) is 1. The molecule has 0 aromatic heterocycles. The highest BCUT2D eigenvalue weighted by atomic mass is 35.5. The topological polar surface area (TPSA) is 50.8 Å². The Balaban J connectivity index is 1.66. The molecule has 1 unspecified atom stereocenters. The zero-order chi connectivity index (χ0) is 15.1. The van der Waals surface area contributed by atoms with Gasteiger partial charge in [0.25, 0.3) is 5.91 Å². The van der Waals surface area contributed by atoms with E-state index in [2.05, 4.69) is 17.1 Å². The van der Waals surface area contributed by atoms with Crippen molar-refractivity contribution in [3.05, 3.63) is 29.3 Å². The van der Waals surface area contributed by atoms with Gasteiger partial charge in [-0.25, -0.2) is 0 Å². The largest absolute Gasteiger partial charge is 0.484 e. The Morgan fingerprint density at radius 1 is 1.38 bits per heavy atom. The van der Waals surface area contributed by atoms with E-state index in [9.17, 15) is 4.79 Å². The van der Waals surface area contributed by atoms with Gasteiger partial charge in [0.05, 0.1) is 13.2 Å². The first-order valence-electron chi connectivity index (χ1n) is 7.12. The zero-order valence-corrected chi connectivity index (χ0v) is 12.9. The number of amides is 1. The molecule has 0 radical (unpaired) electrons. The van der Waals surface area contributed by atoms with Crippen molar-refractivity contribution in [2.45, 2.75) is 13.0 Å². The van der Waals surface area contributed by atoms with Crippen LogP contribution in [0.3, 0.4) is 0 Å². The number of halogens is 1. The highest BCUT2D eigenvalue weighted by Gasteiger charge is 2.17. The third-order valence-corrected chi connectivity index (χ3v) is 3.70. The third-order valence-electron chi connectivity index (χ3n) is 3.45. The molecule has 1 amide bonds. The molecular weight excluding hydrogens is 292 g/mol. The van der Waals surface area contributed by atoms with Crippen LogP contribution < -0.4 is 10.1 Å². The van der Waals surface area contributed by atoms with E-state index in [4.69, 9.17) is 21.1 Å². The summed E-state index contributed by atoms with van der Waals surface area (Å²) in [6.07, 6.45) is 0. The second kappa shape index (κ2) is 8.22. The predicted octanol–water partition coefficient (Wildman–Crippen LogP) is 1.56. The highest BCUT2D eigenvalue weighted by Crippen LogP contribution is 2.15. The number of benzene rings is 1. The van der Waals surface area contributed by atoms with Crippen molar-refractivity contribution in [2.24, 2.45) is 0 Å². The van der Waals surface area contributed by atoms with Gasteiger partial charge in [0.15, 0.2) is 6.61 Å². The van der Waals surface area contributed by atoms with Gasteiger partial charge < -0.3 is 14.8 Å². The van der Waals surface area contributed by atoms with Crippen LogP contribution in [-0.4, -0.2) is 56.3 Å². The first-order valence-corrected chi connectivity index (χ1v) is 7.50. The van der Waals surface area contributed by atoms with Crippen LogP contribution in [0.1, 0.15) is 6.92 Å². The maximum atomic E-state index is 11.8. The molecule has 116 valence electrons. The maximum absolute atomic E-state index is 11.8. The number of rotatable bonds is 6. The molecule has 6 heteroatoms. The van der Waals surface area contributed by atoms with Crippen molar-refractivity contribution >= 4 is 17.5 Å².